The van der Waals surface area contributed by atoms with E-state index >= 15 is 0 Å². The summed E-state index contributed by atoms with van der Waals surface area (Å²) < 4.78 is 0. The summed E-state index contributed by atoms with van der Waals surface area (Å²) in [7, 11) is 0. The van der Waals surface area contributed by atoms with Crippen LogP contribution in [0, 0.1) is 0 Å². The molecule has 0 aliphatic carbocycles. The number of nitrogens with two attached hydrogens (primary N) is 1. The van der Waals surface area contributed by atoms with Crippen LogP contribution in [0.2, 0.25) is 0 Å². The maximum atomic E-state index is 5.65. The Kier molecular flexibility index (Phi) is 2.37. The first-order valence-electron chi connectivity index (χ1n) is 4.89. The second kappa shape index (κ2) is 3.69. The van der Waals surface area contributed by atoms with Gasteiger partial charge in [0.25, 0.3) is 0 Å². The van der Waals surface area contributed by atoms with Crippen LogP contribution in [0.25, 0.3) is 0 Å². The minimum absolute atomic E-state index is 0.753. The quantitative estimate of drug-likeness (QED) is 0.680. The lowest BCUT2D eigenvalue weighted by Gasteiger charge is -2.33. The monoisotopic (exact) mass is 201 g/mol. The van der Waals surface area contributed by atoms with Crippen molar-refractivity contribution in [3.63, 3.8) is 0 Å². The molecule has 1 aromatic carbocycles. The van der Waals surface area contributed by atoms with Crippen LogP contribution < -0.4 is 16.0 Å². The summed E-state index contributed by atoms with van der Waals surface area (Å²) in [5, 5.41) is 3.18. The van der Waals surface area contributed by atoms with E-state index in [1.807, 2.05) is 24.3 Å². The highest BCUT2D eigenvalue weighted by atomic mass is 15.2. The number of hydrogen-bond donors (Lipinski definition) is 2. The Morgan fingerprint density at radius 3 is 2.53 bits per heavy atom. The molecule has 1 aliphatic heterocycles. The summed E-state index contributed by atoms with van der Waals surface area (Å²) in [4.78, 5) is 2.14. The van der Waals surface area contributed by atoms with E-state index in [4.69, 9.17) is 5.73 Å². The van der Waals surface area contributed by atoms with Crippen molar-refractivity contribution < 1.29 is 0 Å². The predicted molar refractivity (Wildman–Crippen MR) is 64.5 cm³/mol. The summed E-state index contributed by atoms with van der Waals surface area (Å²) in [6, 6.07) is 7.79. The van der Waals surface area contributed by atoms with Crippen molar-refractivity contribution >= 4 is 11.4 Å². The van der Waals surface area contributed by atoms with Crippen molar-refractivity contribution in [1.82, 2.24) is 5.32 Å². The average Bonchev–Trinajstić information content (AvgIpc) is 2.23. The molecule has 2 rings (SSSR count). The lowest BCUT2D eigenvalue weighted by atomic mass is 10.2. The van der Waals surface area contributed by atoms with Crippen LogP contribution in [0.4, 0.5) is 11.4 Å². The molecule has 0 aromatic heterocycles. The van der Waals surface area contributed by atoms with Crippen LogP contribution in [-0.4, -0.2) is 13.1 Å². The van der Waals surface area contributed by atoms with Gasteiger partial charge in [0.1, 0.15) is 0 Å². The fraction of sp³-hybridized carbons (Fsp3) is 0.167. The Bertz CT molecular complexity index is 392. The first-order valence-corrected chi connectivity index (χ1v) is 4.89. The Labute approximate surface area is 89.9 Å². The molecular formula is C12H15N3. The van der Waals surface area contributed by atoms with E-state index in [1.165, 1.54) is 0 Å². The number of hydrogen-bond acceptors (Lipinski definition) is 3. The molecule has 1 heterocycles. The van der Waals surface area contributed by atoms with Gasteiger partial charge in [-0.05, 0) is 24.3 Å². The number of rotatable bonds is 1. The molecular weight excluding hydrogens is 186 g/mol. The summed E-state index contributed by atoms with van der Waals surface area (Å²) in [6.45, 7) is 9.46. The molecule has 1 aromatic rings. The summed E-state index contributed by atoms with van der Waals surface area (Å²) in [5.41, 5.74) is 9.59. The highest BCUT2D eigenvalue weighted by molar-refractivity contribution is 5.58. The molecule has 1 aliphatic rings. The van der Waals surface area contributed by atoms with Crippen molar-refractivity contribution in [2.45, 2.75) is 0 Å². The third-order valence-electron chi connectivity index (χ3n) is 2.48. The molecule has 0 spiro atoms. The summed E-state index contributed by atoms with van der Waals surface area (Å²) in [5.74, 6) is 0. The maximum Gasteiger partial charge on any atom is 0.0620 e. The largest absolute Gasteiger partial charge is 0.399 e. The van der Waals surface area contributed by atoms with Gasteiger partial charge in [0.05, 0.1) is 13.1 Å². The molecule has 0 radical (unpaired) electrons. The van der Waals surface area contributed by atoms with Crippen LogP contribution >= 0.6 is 0 Å². The topological polar surface area (TPSA) is 41.3 Å². The summed E-state index contributed by atoms with van der Waals surface area (Å²) >= 11 is 0. The van der Waals surface area contributed by atoms with Gasteiger partial charge in [-0.15, -0.1) is 0 Å². The van der Waals surface area contributed by atoms with E-state index in [9.17, 15) is 0 Å². The Balaban J connectivity index is 2.25. The van der Waals surface area contributed by atoms with Crippen LogP contribution in [-0.2, 0) is 0 Å². The molecule has 1 saturated heterocycles. The van der Waals surface area contributed by atoms with Crippen LogP contribution in [0.5, 0.6) is 0 Å². The molecule has 0 amide bonds. The third kappa shape index (κ3) is 1.96. The molecule has 0 unspecified atom stereocenters. The lowest BCUT2D eigenvalue weighted by molar-refractivity contribution is 0.736. The molecule has 1 fully saturated rings. The highest BCUT2D eigenvalue weighted by Gasteiger charge is 2.16. The third-order valence-corrected chi connectivity index (χ3v) is 2.48. The first-order chi connectivity index (χ1) is 7.16. The van der Waals surface area contributed by atoms with Crippen molar-refractivity contribution in [3.05, 3.63) is 48.8 Å². The fourth-order valence-corrected chi connectivity index (χ4v) is 1.61. The van der Waals surface area contributed by atoms with E-state index in [0.717, 1.165) is 35.9 Å². The number of nitrogen functional groups attached to an aromatic ring is 1. The zero-order valence-electron chi connectivity index (χ0n) is 8.66. The minimum Gasteiger partial charge on any atom is -0.399 e. The SMILES string of the molecule is C=C1CN(c2ccc(N)cc2)C(=C)CN1. The van der Waals surface area contributed by atoms with Crippen LogP contribution in [0.15, 0.2) is 48.8 Å². The molecule has 3 N–H and O–H groups in total. The zero-order valence-corrected chi connectivity index (χ0v) is 8.66. The second-order valence-electron chi connectivity index (χ2n) is 3.70. The van der Waals surface area contributed by atoms with Gasteiger partial charge < -0.3 is 16.0 Å². The predicted octanol–water partition coefficient (Wildman–Crippen LogP) is 1.71. The van der Waals surface area contributed by atoms with Gasteiger partial charge in [-0.2, -0.15) is 0 Å². The highest BCUT2D eigenvalue weighted by Crippen LogP contribution is 2.22. The Hall–Kier alpha value is -1.90. The van der Waals surface area contributed by atoms with Gasteiger partial charge in [-0.1, -0.05) is 13.2 Å². The Morgan fingerprint density at radius 2 is 1.87 bits per heavy atom. The molecule has 3 nitrogen and oxygen atoms in total. The van der Waals surface area contributed by atoms with Crippen LogP contribution in [0.3, 0.4) is 0 Å². The minimum atomic E-state index is 0.753. The average molecular weight is 201 g/mol. The van der Waals surface area contributed by atoms with Gasteiger partial charge in [0, 0.05) is 22.8 Å². The number of nitrogens with zero attached hydrogens (tertiary/aromatic N) is 1. The van der Waals surface area contributed by atoms with Crippen molar-refractivity contribution in [2.24, 2.45) is 0 Å². The van der Waals surface area contributed by atoms with Gasteiger partial charge in [-0.3, -0.25) is 0 Å². The van der Waals surface area contributed by atoms with Gasteiger partial charge in [0.15, 0.2) is 0 Å². The molecule has 15 heavy (non-hydrogen) atoms. The van der Waals surface area contributed by atoms with Gasteiger partial charge in [-0.25, -0.2) is 0 Å². The van der Waals surface area contributed by atoms with E-state index in [-0.39, 0.29) is 0 Å². The van der Waals surface area contributed by atoms with Crippen molar-refractivity contribution in [2.75, 3.05) is 23.7 Å². The molecule has 78 valence electrons. The van der Waals surface area contributed by atoms with E-state index in [1.54, 1.807) is 0 Å². The zero-order chi connectivity index (χ0) is 10.8. The van der Waals surface area contributed by atoms with Crippen molar-refractivity contribution in [3.8, 4) is 0 Å². The molecule has 0 atom stereocenters. The number of anilines is 2. The van der Waals surface area contributed by atoms with Gasteiger partial charge in [0.2, 0.25) is 0 Å². The smallest absolute Gasteiger partial charge is 0.0620 e. The lowest BCUT2D eigenvalue weighted by Crippen LogP contribution is -2.39. The van der Waals surface area contributed by atoms with Crippen LogP contribution in [0.1, 0.15) is 0 Å². The standard InChI is InChI=1S/C12H15N3/c1-9-8-15(10(2)7-14-9)12-5-3-11(13)4-6-12/h3-6,14H,1-2,7-8,13H2. The second-order valence-corrected chi connectivity index (χ2v) is 3.70. The maximum absolute atomic E-state index is 5.65. The molecule has 0 bridgehead atoms. The van der Waals surface area contributed by atoms with Gasteiger partial charge >= 0.3 is 0 Å². The van der Waals surface area contributed by atoms with Crippen molar-refractivity contribution in [1.29, 1.82) is 0 Å². The Morgan fingerprint density at radius 1 is 1.20 bits per heavy atom. The van der Waals surface area contributed by atoms with E-state index in [0.29, 0.717) is 0 Å². The molecule has 3 heteroatoms. The number of piperazine rings is 1. The summed E-state index contributed by atoms with van der Waals surface area (Å²) in [6.07, 6.45) is 0. The number of nitrogens with one attached hydrogen (secondary N) is 1. The number of benzene rings is 1. The first kappa shape index (κ1) is 9.65. The fourth-order valence-electron chi connectivity index (χ4n) is 1.61. The van der Waals surface area contributed by atoms with E-state index < -0.39 is 0 Å². The van der Waals surface area contributed by atoms with E-state index in [2.05, 4.69) is 23.4 Å². The molecule has 0 saturated carbocycles. The normalized spacial score (nSPS) is 16.4.